The summed E-state index contributed by atoms with van der Waals surface area (Å²) in [6, 6.07) is 11.2. The maximum absolute atomic E-state index is 10.7. The van der Waals surface area contributed by atoms with Gasteiger partial charge >= 0.3 is 0 Å². The Balaban J connectivity index is 1.49. The van der Waals surface area contributed by atoms with E-state index in [0.29, 0.717) is 0 Å². The van der Waals surface area contributed by atoms with E-state index in [2.05, 4.69) is 27.3 Å². The molecule has 1 fully saturated rings. The maximum Gasteiger partial charge on any atom is 0.269 e. The van der Waals surface area contributed by atoms with Crippen molar-refractivity contribution in [2.24, 2.45) is 0 Å². The number of anilines is 1. The number of hydrogen-bond acceptors (Lipinski definition) is 5. The summed E-state index contributed by atoms with van der Waals surface area (Å²) < 4.78 is 0. The van der Waals surface area contributed by atoms with Crippen molar-refractivity contribution in [2.45, 2.75) is 6.42 Å². The third-order valence-corrected chi connectivity index (χ3v) is 4.99. The summed E-state index contributed by atoms with van der Waals surface area (Å²) in [5, 5.41) is 12.8. The minimum Gasteiger partial charge on any atom is -0.369 e. The van der Waals surface area contributed by atoms with Crippen molar-refractivity contribution >= 4 is 22.7 Å². The van der Waals surface area contributed by atoms with Crippen LogP contribution in [0.4, 0.5) is 11.4 Å². The molecule has 2 aromatic rings. The Labute approximate surface area is 133 Å². The molecule has 2 heterocycles. The highest BCUT2D eigenvalue weighted by atomic mass is 32.1. The van der Waals surface area contributed by atoms with Crippen LogP contribution >= 0.6 is 11.3 Å². The van der Waals surface area contributed by atoms with E-state index in [-0.39, 0.29) is 10.6 Å². The van der Waals surface area contributed by atoms with Crippen LogP contribution in [0.15, 0.2) is 41.8 Å². The zero-order valence-corrected chi connectivity index (χ0v) is 13.2. The maximum atomic E-state index is 10.7. The predicted octanol–water partition coefficient (Wildman–Crippen LogP) is 3.02. The van der Waals surface area contributed by atoms with Gasteiger partial charge in [-0.15, -0.1) is 11.3 Å². The Kier molecular flexibility index (Phi) is 4.70. The van der Waals surface area contributed by atoms with Gasteiger partial charge in [0.25, 0.3) is 5.69 Å². The van der Waals surface area contributed by atoms with Crippen molar-refractivity contribution in [3.05, 3.63) is 56.8 Å². The molecule has 0 atom stereocenters. The molecule has 0 bridgehead atoms. The van der Waals surface area contributed by atoms with Gasteiger partial charge < -0.3 is 4.90 Å². The Morgan fingerprint density at radius 1 is 1.09 bits per heavy atom. The first-order valence-electron chi connectivity index (χ1n) is 7.46. The van der Waals surface area contributed by atoms with Crippen LogP contribution in [0, 0.1) is 10.1 Å². The lowest BCUT2D eigenvalue weighted by molar-refractivity contribution is -0.384. The molecule has 22 heavy (non-hydrogen) atoms. The fourth-order valence-electron chi connectivity index (χ4n) is 2.74. The number of nitrogens with zero attached hydrogens (tertiary/aromatic N) is 3. The number of nitro groups is 1. The summed E-state index contributed by atoms with van der Waals surface area (Å²) in [7, 11) is 0. The van der Waals surface area contributed by atoms with Crippen LogP contribution in [0.2, 0.25) is 0 Å². The zero-order chi connectivity index (χ0) is 15.4. The normalized spacial score (nSPS) is 15.9. The second-order valence-corrected chi connectivity index (χ2v) is 6.46. The summed E-state index contributed by atoms with van der Waals surface area (Å²) in [5.74, 6) is 0. The van der Waals surface area contributed by atoms with Crippen LogP contribution < -0.4 is 4.90 Å². The van der Waals surface area contributed by atoms with Crippen molar-refractivity contribution in [3.63, 3.8) is 0 Å². The molecule has 3 rings (SSSR count). The highest BCUT2D eigenvalue weighted by molar-refractivity contribution is 7.09. The number of hydrogen-bond donors (Lipinski definition) is 0. The Hall–Kier alpha value is -1.92. The SMILES string of the molecule is O=[N+]([O-])c1ccc(N2CCN(CCc3cccs3)CC2)cc1. The number of nitro benzene ring substituents is 1. The quantitative estimate of drug-likeness (QED) is 0.628. The first-order chi connectivity index (χ1) is 10.7. The Morgan fingerprint density at radius 2 is 1.82 bits per heavy atom. The zero-order valence-electron chi connectivity index (χ0n) is 12.4. The van der Waals surface area contributed by atoms with Gasteiger partial charge in [-0.2, -0.15) is 0 Å². The summed E-state index contributed by atoms with van der Waals surface area (Å²) in [6.45, 7) is 5.14. The largest absolute Gasteiger partial charge is 0.369 e. The van der Waals surface area contributed by atoms with Crippen molar-refractivity contribution in [3.8, 4) is 0 Å². The number of rotatable bonds is 5. The number of thiophene rings is 1. The molecule has 1 aromatic heterocycles. The topological polar surface area (TPSA) is 49.6 Å². The third kappa shape index (κ3) is 3.64. The minimum atomic E-state index is -0.355. The van der Waals surface area contributed by atoms with E-state index >= 15 is 0 Å². The Morgan fingerprint density at radius 3 is 2.41 bits per heavy atom. The molecule has 1 aliphatic heterocycles. The van der Waals surface area contributed by atoms with Crippen molar-refractivity contribution in [1.82, 2.24) is 4.90 Å². The summed E-state index contributed by atoms with van der Waals surface area (Å²) >= 11 is 1.82. The fourth-order valence-corrected chi connectivity index (χ4v) is 3.44. The standard InChI is InChI=1S/C16H19N3O2S/c20-19(21)15-5-3-14(4-6-15)18-11-9-17(10-12-18)8-7-16-2-1-13-22-16/h1-6,13H,7-12H2. The second-order valence-electron chi connectivity index (χ2n) is 5.43. The molecule has 6 heteroatoms. The molecular formula is C16H19N3O2S. The predicted molar refractivity (Wildman–Crippen MR) is 89.8 cm³/mol. The number of non-ortho nitro benzene ring substituents is 1. The monoisotopic (exact) mass is 317 g/mol. The van der Waals surface area contributed by atoms with Crippen LogP contribution in [-0.2, 0) is 6.42 Å². The average Bonchev–Trinajstić information content (AvgIpc) is 3.07. The van der Waals surface area contributed by atoms with E-state index in [1.807, 2.05) is 23.5 Å². The summed E-state index contributed by atoms with van der Waals surface area (Å²) in [4.78, 5) is 16.6. The molecule has 0 amide bonds. The van der Waals surface area contributed by atoms with E-state index in [9.17, 15) is 10.1 Å². The number of piperazine rings is 1. The minimum absolute atomic E-state index is 0.151. The lowest BCUT2D eigenvalue weighted by atomic mass is 10.2. The van der Waals surface area contributed by atoms with Gasteiger partial charge in [0.1, 0.15) is 0 Å². The smallest absolute Gasteiger partial charge is 0.269 e. The van der Waals surface area contributed by atoms with Gasteiger partial charge in [0.15, 0.2) is 0 Å². The van der Waals surface area contributed by atoms with Crippen LogP contribution in [-0.4, -0.2) is 42.5 Å². The second kappa shape index (κ2) is 6.89. The van der Waals surface area contributed by atoms with Crippen molar-refractivity contribution in [2.75, 3.05) is 37.6 Å². The summed E-state index contributed by atoms with van der Waals surface area (Å²) in [5.41, 5.74) is 1.22. The third-order valence-electron chi connectivity index (χ3n) is 4.05. The number of benzene rings is 1. The van der Waals surface area contributed by atoms with E-state index in [4.69, 9.17) is 0 Å². The molecule has 0 aliphatic carbocycles. The van der Waals surface area contributed by atoms with Crippen LogP contribution in [0.3, 0.4) is 0 Å². The van der Waals surface area contributed by atoms with Crippen LogP contribution in [0.5, 0.6) is 0 Å². The fraction of sp³-hybridized carbons (Fsp3) is 0.375. The van der Waals surface area contributed by atoms with Crippen molar-refractivity contribution < 1.29 is 4.92 Å². The highest BCUT2D eigenvalue weighted by Gasteiger charge is 2.17. The van der Waals surface area contributed by atoms with E-state index in [1.165, 1.54) is 4.88 Å². The van der Waals surface area contributed by atoms with Gasteiger partial charge in [0, 0.05) is 55.4 Å². The van der Waals surface area contributed by atoms with E-state index in [0.717, 1.165) is 44.8 Å². The van der Waals surface area contributed by atoms with Gasteiger partial charge in [-0.1, -0.05) is 6.07 Å². The van der Waals surface area contributed by atoms with Gasteiger partial charge in [0.2, 0.25) is 0 Å². The van der Waals surface area contributed by atoms with Crippen LogP contribution in [0.25, 0.3) is 0 Å². The lowest BCUT2D eigenvalue weighted by Crippen LogP contribution is -2.46. The average molecular weight is 317 g/mol. The molecular weight excluding hydrogens is 298 g/mol. The molecule has 5 nitrogen and oxygen atoms in total. The van der Waals surface area contributed by atoms with Gasteiger partial charge in [-0.25, -0.2) is 0 Å². The highest BCUT2D eigenvalue weighted by Crippen LogP contribution is 2.20. The van der Waals surface area contributed by atoms with E-state index < -0.39 is 0 Å². The molecule has 1 saturated heterocycles. The molecule has 116 valence electrons. The molecule has 0 unspecified atom stereocenters. The molecule has 1 aliphatic rings. The van der Waals surface area contributed by atoms with Gasteiger partial charge in [-0.05, 0) is 30.0 Å². The molecule has 0 saturated carbocycles. The summed E-state index contributed by atoms with van der Waals surface area (Å²) in [6.07, 6.45) is 1.12. The molecule has 0 spiro atoms. The molecule has 1 aromatic carbocycles. The lowest BCUT2D eigenvalue weighted by Gasteiger charge is -2.36. The van der Waals surface area contributed by atoms with E-state index in [1.54, 1.807) is 12.1 Å². The first-order valence-corrected chi connectivity index (χ1v) is 8.34. The Bertz CT molecular complexity index is 605. The van der Waals surface area contributed by atoms with Gasteiger partial charge in [-0.3, -0.25) is 15.0 Å². The van der Waals surface area contributed by atoms with Crippen molar-refractivity contribution in [1.29, 1.82) is 0 Å². The van der Waals surface area contributed by atoms with Crippen LogP contribution in [0.1, 0.15) is 4.88 Å². The molecule has 0 radical (unpaired) electrons. The first kappa shape index (κ1) is 15.0. The van der Waals surface area contributed by atoms with Gasteiger partial charge in [0.05, 0.1) is 4.92 Å². The molecule has 0 N–H and O–H groups in total.